The minimum atomic E-state index is -2.03. The summed E-state index contributed by atoms with van der Waals surface area (Å²) < 4.78 is 18.4. The summed E-state index contributed by atoms with van der Waals surface area (Å²) in [5.41, 5.74) is 1.25. The maximum absolute atomic E-state index is 6.49. The summed E-state index contributed by atoms with van der Waals surface area (Å²) in [5, 5.41) is 2.61. The minimum Gasteiger partial charge on any atom is -0.379 e. The molecule has 2 saturated heterocycles. The van der Waals surface area contributed by atoms with E-state index in [9.17, 15) is 0 Å². The number of rotatable bonds is 3. The van der Waals surface area contributed by atoms with Crippen LogP contribution in [0.1, 0.15) is 0 Å². The number of aryl methyl sites for hydroxylation is 1. The molecular formula is C17H24N3O2PS. The average Bonchev–Trinajstić information content (AvgIpc) is 3.00. The van der Waals surface area contributed by atoms with Crippen LogP contribution in [0.25, 0.3) is 10.9 Å². The van der Waals surface area contributed by atoms with Gasteiger partial charge in [0.25, 0.3) is 0 Å². The predicted molar refractivity (Wildman–Crippen MR) is 102 cm³/mol. The molecule has 0 N–H and O–H groups in total. The first kappa shape index (κ1) is 16.7. The Labute approximate surface area is 148 Å². The van der Waals surface area contributed by atoms with Crippen molar-refractivity contribution in [2.24, 2.45) is 7.05 Å². The normalized spacial score (nSPS) is 21.4. The van der Waals surface area contributed by atoms with E-state index in [2.05, 4.69) is 51.4 Å². The summed E-state index contributed by atoms with van der Waals surface area (Å²) in [6.45, 7) is 6.74. The van der Waals surface area contributed by atoms with Crippen molar-refractivity contribution in [3.8, 4) is 0 Å². The van der Waals surface area contributed by atoms with Gasteiger partial charge < -0.3 is 14.0 Å². The predicted octanol–water partition coefficient (Wildman–Crippen LogP) is 1.78. The molecule has 130 valence electrons. The third-order valence-corrected chi connectivity index (χ3v) is 10.2. The molecule has 0 radical (unpaired) electrons. The summed E-state index contributed by atoms with van der Waals surface area (Å²) in [7, 11) is 2.12. The molecule has 5 nitrogen and oxygen atoms in total. The Morgan fingerprint density at radius 3 is 2.04 bits per heavy atom. The summed E-state index contributed by atoms with van der Waals surface area (Å²) in [6.07, 6.45) is 0.232. The Hall–Kier alpha value is -0.750. The highest BCUT2D eigenvalue weighted by Crippen LogP contribution is 2.54. The molecule has 4 rings (SSSR count). The van der Waals surface area contributed by atoms with E-state index in [-0.39, 0.29) is 0 Å². The average molecular weight is 365 g/mol. The first-order chi connectivity index (χ1) is 11.7. The Morgan fingerprint density at radius 2 is 1.46 bits per heavy atom. The van der Waals surface area contributed by atoms with Crippen LogP contribution in [0.5, 0.6) is 0 Å². The van der Waals surface area contributed by atoms with Crippen LogP contribution in [0, 0.1) is 0 Å². The summed E-state index contributed by atoms with van der Waals surface area (Å²) >= 11 is 6.49. The topological polar surface area (TPSA) is 29.9 Å². The Morgan fingerprint density at radius 1 is 0.917 bits per heavy atom. The third kappa shape index (κ3) is 2.75. The van der Waals surface area contributed by atoms with Crippen LogP contribution in [0.2, 0.25) is 0 Å². The molecule has 0 aliphatic carbocycles. The second-order valence-corrected chi connectivity index (χ2v) is 10.5. The fraction of sp³-hybridized carbons (Fsp3) is 0.529. The van der Waals surface area contributed by atoms with Crippen molar-refractivity contribution in [2.75, 3.05) is 52.6 Å². The van der Waals surface area contributed by atoms with Gasteiger partial charge in [0.05, 0.1) is 26.4 Å². The zero-order chi connectivity index (χ0) is 16.6. The first-order valence-corrected chi connectivity index (χ1v) is 11.2. The van der Waals surface area contributed by atoms with Gasteiger partial charge in [-0.05, 0) is 6.07 Å². The van der Waals surface area contributed by atoms with Crippen molar-refractivity contribution >= 4 is 34.4 Å². The van der Waals surface area contributed by atoms with Crippen LogP contribution in [-0.4, -0.2) is 66.5 Å². The van der Waals surface area contributed by atoms with Crippen molar-refractivity contribution in [1.82, 2.24) is 13.9 Å². The number of hydrogen-bond donors (Lipinski definition) is 0. The van der Waals surface area contributed by atoms with Gasteiger partial charge in [-0.15, -0.1) is 0 Å². The molecule has 7 heteroatoms. The van der Waals surface area contributed by atoms with Crippen LogP contribution in [-0.2, 0) is 28.3 Å². The van der Waals surface area contributed by atoms with Crippen LogP contribution in [0.15, 0.2) is 30.5 Å². The van der Waals surface area contributed by atoms with Crippen molar-refractivity contribution in [3.63, 3.8) is 0 Å². The molecule has 3 heterocycles. The number of fused-ring (bicyclic) bond motifs is 1. The van der Waals surface area contributed by atoms with Crippen molar-refractivity contribution in [1.29, 1.82) is 0 Å². The monoisotopic (exact) mass is 365 g/mol. The maximum Gasteiger partial charge on any atom is 0.109 e. The SMILES string of the molecule is Cn1cc(P(=S)(N2CCOCC2)N2CCOCC2)c2ccccc21. The van der Waals surface area contributed by atoms with Crippen LogP contribution in [0.3, 0.4) is 0 Å². The second-order valence-electron chi connectivity index (χ2n) is 6.32. The zero-order valence-electron chi connectivity index (χ0n) is 14.1. The molecule has 2 aromatic rings. The lowest BCUT2D eigenvalue weighted by molar-refractivity contribution is 0.0590. The molecular weight excluding hydrogens is 341 g/mol. The van der Waals surface area contributed by atoms with E-state index in [0.717, 1.165) is 52.6 Å². The first-order valence-electron chi connectivity index (χ1n) is 8.52. The second kappa shape index (κ2) is 6.87. The molecule has 2 aliphatic rings. The van der Waals surface area contributed by atoms with Gasteiger partial charge >= 0.3 is 0 Å². The Kier molecular flexibility index (Phi) is 4.78. The van der Waals surface area contributed by atoms with E-state index in [1.807, 2.05) is 0 Å². The highest BCUT2D eigenvalue weighted by atomic mass is 32.4. The molecule has 2 fully saturated rings. The summed E-state index contributed by atoms with van der Waals surface area (Å²) in [5.74, 6) is 0. The highest BCUT2D eigenvalue weighted by Gasteiger charge is 2.38. The van der Waals surface area contributed by atoms with Gasteiger partial charge in [-0.25, -0.2) is 0 Å². The standard InChI is InChI=1S/C17H24N3O2PS/c1-18-14-17(15-4-2-3-5-16(15)18)23(24,19-6-10-21-11-7-19)20-8-12-22-13-9-20/h2-5,14H,6-13H2,1H3. The van der Waals surface area contributed by atoms with Gasteiger partial charge in [0.1, 0.15) is 6.34 Å². The van der Waals surface area contributed by atoms with Gasteiger partial charge in [-0.2, -0.15) is 0 Å². The smallest absolute Gasteiger partial charge is 0.109 e. The lowest BCUT2D eigenvalue weighted by Crippen LogP contribution is -2.46. The number of ether oxygens (including phenoxy) is 2. The molecule has 0 amide bonds. The van der Waals surface area contributed by atoms with E-state index >= 15 is 0 Å². The molecule has 0 spiro atoms. The van der Waals surface area contributed by atoms with Gasteiger partial charge in [0.15, 0.2) is 0 Å². The van der Waals surface area contributed by atoms with Crippen LogP contribution >= 0.6 is 6.34 Å². The summed E-state index contributed by atoms with van der Waals surface area (Å²) in [4.78, 5) is 0. The van der Waals surface area contributed by atoms with Crippen molar-refractivity contribution < 1.29 is 9.47 Å². The zero-order valence-corrected chi connectivity index (χ0v) is 15.8. The number of hydrogen-bond acceptors (Lipinski definition) is 3. The van der Waals surface area contributed by atoms with E-state index in [0.29, 0.717) is 0 Å². The number of morpholine rings is 2. The summed E-state index contributed by atoms with van der Waals surface area (Å²) in [6, 6.07) is 8.60. The van der Waals surface area contributed by atoms with E-state index in [1.165, 1.54) is 16.2 Å². The van der Waals surface area contributed by atoms with E-state index in [1.54, 1.807) is 0 Å². The minimum absolute atomic E-state index is 0.771. The van der Waals surface area contributed by atoms with E-state index in [4.69, 9.17) is 21.3 Å². The van der Waals surface area contributed by atoms with Gasteiger partial charge in [0.2, 0.25) is 0 Å². The third-order valence-electron chi connectivity index (χ3n) is 4.93. The lowest BCUT2D eigenvalue weighted by atomic mass is 10.2. The van der Waals surface area contributed by atoms with Crippen molar-refractivity contribution in [3.05, 3.63) is 30.5 Å². The van der Waals surface area contributed by atoms with Crippen LogP contribution in [0.4, 0.5) is 0 Å². The largest absolute Gasteiger partial charge is 0.379 e. The quantitative estimate of drug-likeness (QED) is 0.774. The Balaban J connectivity index is 1.86. The number of nitrogens with zero attached hydrogens (tertiary/aromatic N) is 3. The van der Waals surface area contributed by atoms with Gasteiger partial charge in [0, 0.05) is 55.6 Å². The molecule has 0 atom stereocenters. The molecule has 0 bridgehead atoms. The molecule has 2 aliphatic heterocycles. The van der Waals surface area contributed by atoms with E-state index < -0.39 is 6.34 Å². The van der Waals surface area contributed by atoms with Gasteiger partial charge in [-0.3, -0.25) is 9.34 Å². The molecule has 1 aromatic heterocycles. The molecule has 0 unspecified atom stereocenters. The molecule has 1 aromatic carbocycles. The number of para-hydroxylation sites is 1. The van der Waals surface area contributed by atoms with Gasteiger partial charge in [-0.1, -0.05) is 30.0 Å². The number of benzene rings is 1. The molecule has 0 saturated carbocycles. The highest BCUT2D eigenvalue weighted by molar-refractivity contribution is 8.16. The number of aromatic nitrogens is 1. The lowest BCUT2D eigenvalue weighted by Gasteiger charge is -2.45. The van der Waals surface area contributed by atoms with Crippen LogP contribution < -0.4 is 5.30 Å². The molecule has 24 heavy (non-hydrogen) atoms. The van der Waals surface area contributed by atoms with Crippen molar-refractivity contribution in [2.45, 2.75) is 0 Å². The fourth-order valence-corrected chi connectivity index (χ4v) is 8.31. The Bertz CT molecular complexity index is 744. The maximum atomic E-state index is 6.49. The fourth-order valence-electron chi connectivity index (χ4n) is 3.69.